The van der Waals surface area contributed by atoms with Crippen molar-refractivity contribution >= 4 is 0 Å². The van der Waals surface area contributed by atoms with Gasteiger partial charge in [0.15, 0.2) is 0 Å². The number of imidazole rings is 1. The molecule has 106 valence electrons. The molecule has 1 heterocycles. The van der Waals surface area contributed by atoms with Gasteiger partial charge >= 0.3 is 0 Å². The van der Waals surface area contributed by atoms with Crippen LogP contribution in [-0.2, 0) is 17.8 Å². The van der Waals surface area contributed by atoms with Gasteiger partial charge in [0.1, 0.15) is 5.82 Å². The third-order valence-corrected chi connectivity index (χ3v) is 3.07. The van der Waals surface area contributed by atoms with Crippen LogP contribution in [0.5, 0.6) is 0 Å². The molecule has 0 atom stereocenters. The van der Waals surface area contributed by atoms with E-state index in [0.717, 1.165) is 38.3 Å². The molecule has 0 radical (unpaired) electrons. The van der Waals surface area contributed by atoms with Crippen LogP contribution in [0.25, 0.3) is 0 Å². The smallest absolute Gasteiger partial charge is 0.122 e. The number of rotatable bonds is 9. The molecule has 0 aromatic carbocycles. The largest absolute Gasteiger partial charge is 0.383 e. The first kappa shape index (κ1) is 15.7. The highest BCUT2D eigenvalue weighted by atomic mass is 16.5. The molecule has 0 spiro atoms. The molecular formula is C14H24N4O. The molecule has 1 aromatic rings. The van der Waals surface area contributed by atoms with E-state index in [0.29, 0.717) is 6.61 Å². The summed E-state index contributed by atoms with van der Waals surface area (Å²) in [5, 5.41) is 12.3. The van der Waals surface area contributed by atoms with Gasteiger partial charge in [0.25, 0.3) is 0 Å². The maximum absolute atomic E-state index is 8.98. The van der Waals surface area contributed by atoms with E-state index in [1.165, 1.54) is 0 Å². The first-order chi connectivity index (χ1) is 9.09. The minimum Gasteiger partial charge on any atom is -0.383 e. The number of aromatic nitrogens is 2. The van der Waals surface area contributed by atoms with E-state index in [1.54, 1.807) is 7.11 Å². The molecule has 0 aliphatic carbocycles. The highest BCUT2D eigenvalue weighted by Crippen LogP contribution is 2.21. The molecule has 19 heavy (non-hydrogen) atoms. The number of nitrogens with zero attached hydrogens (tertiary/aromatic N) is 3. The SMILES string of the molecule is COCCNCc1nccn1CCCC(C)(C)C#N. The van der Waals surface area contributed by atoms with E-state index >= 15 is 0 Å². The lowest BCUT2D eigenvalue weighted by Crippen LogP contribution is -2.21. The van der Waals surface area contributed by atoms with Gasteiger partial charge in [-0.1, -0.05) is 0 Å². The fourth-order valence-corrected chi connectivity index (χ4v) is 1.83. The van der Waals surface area contributed by atoms with Gasteiger partial charge in [-0.25, -0.2) is 4.98 Å². The average Bonchev–Trinajstić information content (AvgIpc) is 2.82. The zero-order valence-corrected chi connectivity index (χ0v) is 12.1. The molecule has 5 heteroatoms. The molecule has 0 fully saturated rings. The number of hydrogen-bond donors (Lipinski definition) is 1. The van der Waals surface area contributed by atoms with Crippen LogP contribution in [0, 0.1) is 16.7 Å². The van der Waals surface area contributed by atoms with Crippen LogP contribution in [0.1, 0.15) is 32.5 Å². The van der Waals surface area contributed by atoms with Crippen molar-refractivity contribution in [2.75, 3.05) is 20.3 Å². The van der Waals surface area contributed by atoms with Crippen molar-refractivity contribution in [2.24, 2.45) is 5.41 Å². The second-order valence-electron chi connectivity index (χ2n) is 5.31. The molecule has 1 N–H and O–H groups in total. The average molecular weight is 264 g/mol. The number of methoxy groups -OCH3 is 1. The maximum Gasteiger partial charge on any atom is 0.122 e. The second kappa shape index (κ2) is 7.93. The van der Waals surface area contributed by atoms with E-state index in [2.05, 4.69) is 20.9 Å². The molecule has 5 nitrogen and oxygen atoms in total. The van der Waals surface area contributed by atoms with Gasteiger partial charge in [-0.15, -0.1) is 0 Å². The standard InChI is InChI=1S/C14H24N4O/c1-14(2,12-15)5-4-8-18-9-6-17-13(18)11-16-7-10-19-3/h6,9,16H,4-5,7-8,10-11H2,1-3H3. The minimum absolute atomic E-state index is 0.239. The summed E-state index contributed by atoms with van der Waals surface area (Å²) in [7, 11) is 1.69. The van der Waals surface area contributed by atoms with E-state index < -0.39 is 0 Å². The van der Waals surface area contributed by atoms with Crippen LogP contribution >= 0.6 is 0 Å². The van der Waals surface area contributed by atoms with Crippen molar-refractivity contribution in [3.8, 4) is 6.07 Å². The zero-order valence-electron chi connectivity index (χ0n) is 12.1. The number of hydrogen-bond acceptors (Lipinski definition) is 4. The molecule has 0 bridgehead atoms. The molecule has 0 unspecified atom stereocenters. The van der Waals surface area contributed by atoms with Crippen molar-refractivity contribution in [1.82, 2.24) is 14.9 Å². The zero-order chi connectivity index (χ0) is 14.1. The van der Waals surface area contributed by atoms with Crippen molar-refractivity contribution in [3.63, 3.8) is 0 Å². The predicted molar refractivity (Wildman–Crippen MR) is 74.4 cm³/mol. The van der Waals surface area contributed by atoms with Crippen molar-refractivity contribution < 1.29 is 4.74 Å². The third-order valence-electron chi connectivity index (χ3n) is 3.07. The quantitative estimate of drug-likeness (QED) is 0.692. The molecule has 0 saturated carbocycles. The Hall–Kier alpha value is -1.38. The lowest BCUT2D eigenvalue weighted by molar-refractivity contribution is 0.198. The Morgan fingerprint density at radius 3 is 3.00 bits per heavy atom. The van der Waals surface area contributed by atoms with E-state index in [-0.39, 0.29) is 5.41 Å². The van der Waals surface area contributed by atoms with Gasteiger partial charge < -0.3 is 14.6 Å². The van der Waals surface area contributed by atoms with Crippen LogP contribution in [0.15, 0.2) is 12.4 Å². The Bertz CT molecular complexity index is 406. The Balaban J connectivity index is 2.34. The second-order valence-corrected chi connectivity index (χ2v) is 5.31. The normalized spacial score (nSPS) is 11.5. The van der Waals surface area contributed by atoms with E-state index in [4.69, 9.17) is 10.00 Å². The fourth-order valence-electron chi connectivity index (χ4n) is 1.83. The number of ether oxygens (including phenoxy) is 1. The van der Waals surface area contributed by atoms with Crippen LogP contribution < -0.4 is 5.32 Å². The van der Waals surface area contributed by atoms with Crippen molar-refractivity contribution in [2.45, 2.75) is 39.8 Å². The Morgan fingerprint density at radius 1 is 1.53 bits per heavy atom. The fraction of sp³-hybridized carbons (Fsp3) is 0.714. The monoisotopic (exact) mass is 264 g/mol. The topological polar surface area (TPSA) is 62.9 Å². The minimum atomic E-state index is -0.239. The highest BCUT2D eigenvalue weighted by Gasteiger charge is 2.15. The summed E-state index contributed by atoms with van der Waals surface area (Å²) in [6, 6.07) is 2.33. The van der Waals surface area contributed by atoms with Gasteiger partial charge in [-0.05, 0) is 26.7 Å². The summed E-state index contributed by atoms with van der Waals surface area (Å²) < 4.78 is 7.13. The Labute approximate surface area is 115 Å². The summed E-state index contributed by atoms with van der Waals surface area (Å²) in [6.45, 7) is 7.15. The first-order valence-electron chi connectivity index (χ1n) is 6.70. The molecule has 0 saturated heterocycles. The van der Waals surface area contributed by atoms with Crippen molar-refractivity contribution in [1.29, 1.82) is 5.26 Å². The van der Waals surface area contributed by atoms with Gasteiger partial charge in [0.2, 0.25) is 0 Å². The summed E-state index contributed by atoms with van der Waals surface area (Å²) in [5.74, 6) is 1.03. The highest BCUT2D eigenvalue weighted by molar-refractivity contribution is 4.94. The van der Waals surface area contributed by atoms with Gasteiger partial charge in [-0.2, -0.15) is 5.26 Å². The molecule has 0 aliphatic rings. The lowest BCUT2D eigenvalue weighted by atomic mass is 9.90. The van der Waals surface area contributed by atoms with Crippen LogP contribution in [0.4, 0.5) is 0 Å². The van der Waals surface area contributed by atoms with Gasteiger partial charge in [0.05, 0.1) is 24.6 Å². The van der Waals surface area contributed by atoms with E-state index in [1.807, 2.05) is 26.2 Å². The number of aryl methyl sites for hydroxylation is 1. The number of nitriles is 1. The van der Waals surface area contributed by atoms with E-state index in [9.17, 15) is 0 Å². The molecule has 0 amide bonds. The van der Waals surface area contributed by atoms with Crippen molar-refractivity contribution in [3.05, 3.63) is 18.2 Å². The Morgan fingerprint density at radius 2 is 2.32 bits per heavy atom. The Kier molecular flexibility index (Phi) is 6.54. The molecule has 1 rings (SSSR count). The third kappa shape index (κ3) is 5.86. The first-order valence-corrected chi connectivity index (χ1v) is 6.70. The molecule has 0 aliphatic heterocycles. The maximum atomic E-state index is 8.98. The summed E-state index contributed by atoms with van der Waals surface area (Å²) in [6.07, 6.45) is 5.70. The molecule has 1 aromatic heterocycles. The number of nitrogens with one attached hydrogen (secondary N) is 1. The summed E-state index contributed by atoms with van der Waals surface area (Å²) >= 11 is 0. The lowest BCUT2D eigenvalue weighted by Gasteiger charge is -2.15. The summed E-state index contributed by atoms with van der Waals surface area (Å²) in [4.78, 5) is 4.34. The van der Waals surface area contributed by atoms with Gasteiger partial charge in [0, 0.05) is 32.6 Å². The molecular weight excluding hydrogens is 240 g/mol. The van der Waals surface area contributed by atoms with Gasteiger partial charge in [-0.3, -0.25) is 0 Å². The van der Waals surface area contributed by atoms with Crippen LogP contribution in [0.3, 0.4) is 0 Å². The summed E-state index contributed by atoms with van der Waals surface area (Å²) in [5.41, 5.74) is -0.239. The van der Waals surface area contributed by atoms with Crippen LogP contribution in [-0.4, -0.2) is 29.8 Å². The van der Waals surface area contributed by atoms with Crippen LogP contribution in [0.2, 0.25) is 0 Å². The predicted octanol–water partition coefficient (Wildman–Crippen LogP) is 1.95.